The molecular weight excluding hydrogens is 358 g/mol. The number of hydrogen-bond donors (Lipinski definition) is 1. The minimum atomic E-state index is -0.206. The molecule has 6 nitrogen and oxygen atoms in total. The van der Waals surface area contributed by atoms with E-state index in [4.69, 9.17) is 14.2 Å². The van der Waals surface area contributed by atoms with Crippen molar-refractivity contribution in [2.75, 3.05) is 27.3 Å². The molecule has 4 rings (SSSR count). The molecule has 2 aliphatic heterocycles. The van der Waals surface area contributed by atoms with Gasteiger partial charge in [0.25, 0.3) is 0 Å². The number of fused-ring (bicyclic) bond motifs is 1. The largest absolute Gasteiger partial charge is 0.507 e. The molecule has 0 atom stereocenters. The third-order valence-electron chi connectivity index (χ3n) is 5.22. The molecular formula is C22H23NO5. The van der Waals surface area contributed by atoms with Gasteiger partial charge in [-0.1, -0.05) is 0 Å². The number of carbonyl (C=O) groups excluding carboxylic acids is 1. The highest BCUT2D eigenvalue weighted by Crippen LogP contribution is 2.41. The Morgan fingerprint density at radius 1 is 1.14 bits per heavy atom. The molecule has 0 amide bonds. The van der Waals surface area contributed by atoms with Gasteiger partial charge in [0.2, 0.25) is 5.78 Å². The first-order valence-corrected chi connectivity index (χ1v) is 9.34. The molecule has 2 aliphatic rings. The van der Waals surface area contributed by atoms with E-state index < -0.39 is 0 Å². The fourth-order valence-electron chi connectivity index (χ4n) is 3.71. The molecule has 0 aromatic heterocycles. The van der Waals surface area contributed by atoms with E-state index in [1.165, 1.54) is 0 Å². The van der Waals surface area contributed by atoms with E-state index in [1.807, 2.05) is 0 Å². The Morgan fingerprint density at radius 2 is 1.93 bits per heavy atom. The number of nitrogens with zero attached hydrogens (tertiary/aromatic N) is 1. The molecule has 2 heterocycles. The average molecular weight is 381 g/mol. The van der Waals surface area contributed by atoms with Gasteiger partial charge in [-0.2, -0.15) is 0 Å². The summed E-state index contributed by atoms with van der Waals surface area (Å²) in [5.74, 6) is 1.87. The van der Waals surface area contributed by atoms with E-state index in [-0.39, 0.29) is 17.3 Å². The number of Topliss-reactive ketones (excluding diaryl/α,β-unsaturated/α-hetero) is 1. The van der Waals surface area contributed by atoms with Crippen LogP contribution in [0, 0.1) is 0 Å². The highest BCUT2D eigenvalue weighted by atomic mass is 16.5. The van der Waals surface area contributed by atoms with E-state index in [0.717, 1.165) is 25.9 Å². The molecule has 2 aromatic carbocycles. The van der Waals surface area contributed by atoms with Gasteiger partial charge in [0, 0.05) is 12.1 Å². The molecule has 0 spiro atoms. The zero-order chi connectivity index (χ0) is 19.7. The predicted molar refractivity (Wildman–Crippen MR) is 105 cm³/mol. The summed E-state index contributed by atoms with van der Waals surface area (Å²) >= 11 is 0. The number of phenols is 1. The zero-order valence-corrected chi connectivity index (χ0v) is 16.0. The monoisotopic (exact) mass is 381 g/mol. The Balaban J connectivity index is 1.70. The summed E-state index contributed by atoms with van der Waals surface area (Å²) < 4.78 is 16.6. The van der Waals surface area contributed by atoms with E-state index >= 15 is 0 Å². The van der Waals surface area contributed by atoms with Crippen LogP contribution in [0.15, 0.2) is 36.1 Å². The molecule has 0 saturated carbocycles. The number of ketones is 1. The second kappa shape index (κ2) is 7.56. The molecule has 28 heavy (non-hydrogen) atoms. The minimum absolute atomic E-state index is 0.152. The molecule has 1 fully saturated rings. The second-order valence-electron chi connectivity index (χ2n) is 6.97. The maximum atomic E-state index is 12.9. The summed E-state index contributed by atoms with van der Waals surface area (Å²) in [4.78, 5) is 15.2. The van der Waals surface area contributed by atoms with Gasteiger partial charge < -0.3 is 19.3 Å². The van der Waals surface area contributed by atoms with Crippen LogP contribution in [0.2, 0.25) is 0 Å². The summed E-state index contributed by atoms with van der Waals surface area (Å²) in [6.07, 6.45) is 3.95. The molecule has 0 radical (unpaired) electrons. The number of methoxy groups -OCH3 is 2. The van der Waals surface area contributed by atoms with Gasteiger partial charge in [0.1, 0.15) is 23.0 Å². The smallest absolute Gasteiger partial charge is 0.231 e. The second-order valence-corrected chi connectivity index (χ2v) is 6.97. The summed E-state index contributed by atoms with van der Waals surface area (Å²) in [5, 5.41) is 10.4. The topological polar surface area (TPSA) is 68.2 Å². The third kappa shape index (κ3) is 3.31. The number of aromatic hydroxyl groups is 1. The highest BCUT2D eigenvalue weighted by molar-refractivity contribution is 6.15. The summed E-state index contributed by atoms with van der Waals surface area (Å²) in [5.41, 5.74) is 1.82. The fraction of sp³-hybridized carbons (Fsp3) is 0.318. The van der Waals surface area contributed by atoms with Crippen LogP contribution < -0.4 is 14.2 Å². The van der Waals surface area contributed by atoms with Crippen LogP contribution in [0.5, 0.6) is 23.0 Å². The third-order valence-corrected chi connectivity index (χ3v) is 5.22. The lowest BCUT2D eigenvalue weighted by Gasteiger charge is -2.17. The number of hydrogen-bond acceptors (Lipinski definition) is 6. The van der Waals surface area contributed by atoms with Gasteiger partial charge in [0.05, 0.1) is 25.3 Å². The van der Waals surface area contributed by atoms with Gasteiger partial charge in [-0.3, -0.25) is 9.69 Å². The Hall–Kier alpha value is -2.99. The van der Waals surface area contributed by atoms with Crippen LogP contribution in [0.4, 0.5) is 0 Å². The Morgan fingerprint density at radius 3 is 2.64 bits per heavy atom. The molecule has 1 N–H and O–H groups in total. The standard InChI is InChI=1S/C22H23NO5/c1-26-15-5-8-19(27-2)14(11-15)12-20-21(25)16-6-7-18(24)17(22(16)28-20)13-23-9-3-4-10-23/h5-8,11-12,24H,3-4,9-10,13H2,1-2H3/b20-12-. The number of allylic oxidation sites excluding steroid dienone is 1. The van der Waals surface area contributed by atoms with E-state index in [2.05, 4.69) is 4.90 Å². The van der Waals surface area contributed by atoms with Gasteiger partial charge in [-0.15, -0.1) is 0 Å². The van der Waals surface area contributed by atoms with E-state index in [0.29, 0.717) is 40.5 Å². The summed E-state index contributed by atoms with van der Waals surface area (Å²) in [7, 11) is 3.15. The molecule has 0 aliphatic carbocycles. The maximum absolute atomic E-state index is 12.9. The lowest BCUT2D eigenvalue weighted by molar-refractivity contribution is 0.101. The highest BCUT2D eigenvalue weighted by Gasteiger charge is 2.32. The van der Waals surface area contributed by atoms with Crippen molar-refractivity contribution in [2.45, 2.75) is 19.4 Å². The normalized spacial score (nSPS) is 17.6. The Labute approximate surface area is 163 Å². The number of rotatable bonds is 5. The van der Waals surface area contributed by atoms with Gasteiger partial charge in [-0.05, 0) is 62.3 Å². The van der Waals surface area contributed by atoms with Crippen molar-refractivity contribution >= 4 is 11.9 Å². The number of likely N-dealkylation sites (tertiary alicyclic amines) is 1. The van der Waals surface area contributed by atoms with Crippen molar-refractivity contribution in [3.05, 3.63) is 52.8 Å². The van der Waals surface area contributed by atoms with Crippen molar-refractivity contribution in [1.82, 2.24) is 4.90 Å². The lowest BCUT2D eigenvalue weighted by atomic mass is 10.0. The van der Waals surface area contributed by atoms with Gasteiger partial charge >= 0.3 is 0 Å². The minimum Gasteiger partial charge on any atom is -0.507 e. The Bertz CT molecular complexity index is 944. The van der Waals surface area contributed by atoms with Crippen LogP contribution in [0.3, 0.4) is 0 Å². The zero-order valence-electron chi connectivity index (χ0n) is 16.0. The first-order valence-electron chi connectivity index (χ1n) is 9.34. The van der Waals surface area contributed by atoms with Gasteiger partial charge in [-0.25, -0.2) is 0 Å². The quantitative estimate of drug-likeness (QED) is 0.798. The number of carbonyl (C=O) groups is 1. The Kier molecular flexibility index (Phi) is 4.96. The lowest BCUT2D eigenvalue weighted by Crippen LogP contribution is -2.18. The summed E-state index contributed by atoms with van der Waals surface area (Å²) in [6.45, 7) is 2.54. The van der Waals surface area contributed by atoms with Crippen LogP contribution in [-0.4, -0.2) is 43.1 Å². The number of phenolic OH excluding ortho intramolecular Hbond substituents is 1. The first kappa shape index (κ1) is 18.4. The van der Waals surface area contributed by atoms with Crippen LogP contribution in [0.25, 0.3) is 6.08 Å². The van der Waals surface area contributed by atoms with Crippen molar-refractivity contribution in [3.63, 3.8) is 0 Å². The number of benzene rings is 2. The van der Waals surface area contributed by atoms with Crippen LogP contribution in [-0.2, 0) is 6.54 Å². The van der Waals surface area contributed by atoms with Crippen LogP contribution in [0.1, 0.15) is 34.3 Å². The van der Waals surface area contributed by atoms with Crippen LogP contribution >= 0.6 is 0 Å². The van der Waals surface area contributed by atoms with Crippen molar-refractivity contribution < 1.29 is 24.1 Å². The van der Waals surface area contributed by atoms with Crippen molar-refractivity contribution in [2.24, 2.45) is 0 Å². The number of ether oxygens (including phenoxy) is 3. The summed E-state index contributed by atoms with van der Waals surface area (Å²) in [6, 6.07) is 8.54. The maximum Gasteiger partial charge on any atom is 0.231 e. The average Bonchev–Trinajstić information content (AvgIpc) is 3.32. The van der Waals surface area contributed by atoms with Crippen molar-refractivity contribution in [1.29, 1.82) is 0 Å². The van der Waals surface area contributed by atoms with E-state index in [9.17, 15) is 9.90 Å². The molecule has 6 heteroatoms. The van der Waals surface area contributed by atoms with Gasteiger partial charge in [0.15, 0.2) is 5.76 Å². The molecule has 1 saturated heterocycles. The SMILES string of the molecule is COc1ccc(OC)c(/C=C2\Oc3c(ccc(O)c3CN3CCCC3)C2=O)c1. The molecule has 0 bridgehead atoms. The van der Waals surface area contributed by atoms with Crippen molar-refractivity contribution in [3.8, 4) is 23.0 Å². The molecule has 2 aromatic rings. The molecule has 146 valence electrons. The predicted octanol–water partition coefficient (Wildman–Crippen LogP) is 3.62. The molecule has 0 unspecified atom stereocenters. The first-order chi connectivity index (χ1) is 13.6. The van der Waals surface area contributed by atoms with E-state index in [1.54, 1.807) is 50.6 Å². The fourth-order valence-corrected chi connectivity index (χ4v) is 3.71.